The van der Waals surface area contributed by atoms with Gasteiger partial charge < -0.3 is 14.6 Å². The van der Waals surface area contributed by atoms with Crippen LogP contribution < -0.4 is 4.74 Å². The fourth-order valence-corrected chi connectivity index (χ4v) is 1.43. The molecule has 5 heteroatoms. The monoisotopic (exact) mass is 274 g/mol. The summed E-state index contributed by atoms with van der Waals surface area (Å²) in [4.78, 5) is 10.8. The number of carboxylic acids is 1. The number of aromatic carboxylic acids is 1. The van der Waals surface area contributed by atoms with Gasteiger partial charge in [-0.05, 0) is 40.5 Å². The lowest BCUT2D eigenvalue weighted by molar-refractivity contribution is 0.0501. The van der Waals surface area contributed by atoms with Crippen LogP contribution in [-0.2, 0) is 4.74 Å². The van der Waals surface area contributed by atoms with Crippen molar-refractivity contribution < 1.29 is 19.4 Å². The van der Waals surface area contributed by atoms with Gasteiger partial charge in [0.15, 0.2) is 6.79 Å². The standard InChI is InChI=1S/C10H11BrO4/c1-6-3-7(10(12)13)4-8(9(6)11)15-5-14-2/h3-4H,5H2,1-2H3,(H,12,13). The van der Waals surface area contributed by atoms with Crippen molar-refractivity contribution in [3.8, 4) is 5.75 Å². The van der Waals surface area contributed by atoms with E-state index in [0.717, 1.165) is 10.0 Å². The van der Waals surface area contributed by atoms with E-state index in [4.69, 9.17) is 14.6 Å². The molecule has 15 heavy (non-hydrogen) atoms. The van der Waals surface area contributed by atoms with Crippen molar-refractivity contribution in [1.29, 1.82) is 0 Å². The van der Waals surface area contributed by atoms with E-state index >= 15 is 0 Å². The molecule has 0 amide bonds. The quantitative estimate of drug-likeness (QED) is 0.857. The van der Waals surface area contributed by atoms with Gasteiger partial charge in [0.25, 0.3) is 0 Å². The molecule has 0 aromatic heterocycles. The molecule has 0 heterocycles. The van der Waals surface area contributed by atoms with Crippen molar-refractivity contribution in [3.63, 3.8) is 0 Å². The van der Waals surface area contributed by atoms with Crippen molar-refractivity contribution in [2.45, 2.75) is 6.92 Å². The van der Waals surface area contributed by atoms with Crippen molar-refractivity contribution in [2.24, 2.45) is 0 Å². The van der Waals surface area contributed by atoms with Crippen LogP contribution in [0.3, 0.4) is 0 Å². The summed E-state index contributed by atoms with van der Waals surface area (Å²) in [5, 5.41) is 8.85. The fourth-order valence-electron chi connectivity index (χ4n) is 1.09. The summed E-state index contributed by atoms with van der Waals surface area (Å²) in [5.74, 6) is -0.512. The Morgan fingerprint density at radius 1 is 1.53 bits per heavy atom. The highest BCUT2D eigenvalue weighted by atomic mass is 79.9. The van der Waals surface area contributed by atoms with E-state index in [1.165, 1.54) is 13.2 Å². The first-order valence-corrected chi connectivity index (χ1v) is 5.00. The van der Waals surface area contributed by atoms with E-state index < -0.39 is 5.97 Å². The molecule has 1 aromatic rings. The number of ether oxygens (including phenoxy) is 2. The first-order valence-electron chi connectivity index (χ1n) is 4.21. The number of carbonyl (C=O) groups is 1. The highest BCUT2D eigenvalue weighted by Crippen LogP contribution is 2.30. The molecule has 0 bridgehead atoms. The molecule has 1 rings (SSSR count). The van der Waals surface area contributed by atoms with Crippen LogP contribution in [0.1, 0.15) is 15.9 Å². The molecule has 0 saturated heterocycles. The summed E-state index contributed by atoms with van der Waals surface area (Å²) in [6.07, 6.45) is 0. The summed E-state index contributed by atoms with van der Waals surface area (Å²) < 4.78 is 10.7. The van der Waals surface area contributed by atoms with Crippen LogP contribution in [0.4, 0.5) is 0 Å². The Hall–Kier alpha value is -1.07. The van der Waals surface area contributed by atoms with Gasteiger partial charge in [0.2, 0.25) is 0 Å². The second-order valence-corrected chi connectivity index (χ2v) is 3.75. The van der Waals surface area contributed by atoms with Crippen LogP contribution in [0.25, 0.3) is 0 Å². The minimum atomic E-state index is -0.979. The first-order chi connectivity index (χ1) is 7.06. The van der Waals surface area contributed by atoms with Gasteiger partial charge >= 0.3 is 5.97 Å². The maximum atomic E-state index is 10.8. The van der Waals surface area contributed by atoms with Gasteiger partial charge in [0, 0.05) is 7.11 Å². The third-order valence-corrected chi connectivity index (χ3v) is 2.82. The number of carboxylic acid groups (broad SMARTS) is 1. The van der Waals surface area contributed by atoms with Gasteiger partial charge in [0.1, 0.15) is 5.75 Å². The van der Waals surface area contributed by atoms with Gasteiger partial charge in [0.05, 0.1) is 10.0 Å². The average Bonchev–Trinajstić information content (AvgIpc) is 2.19. The van der Waals surface area contributed by atoms with Crippen LogP contribution >= 0.6 is 15.9 Å². The number of hydrogen-bond donors (Lipinski definition) is 1. The zero-order chi connectivity index (χ0) is 11.4. The highest BCUT2D eigenvalue weighted by Gasteiger charge is 2.11. The Morgan fingerprint density at radius 2 is 2.20 bits per heavy atom. The van der Waals surface area contributed by atoms with E-state index in [0.29, 0.717) is 5.75 Å². The molecule has 0 spiro atoms. The lowest BCUT2D eigenvalue weighted by Crippen LogP contribution is -2.03. The fraction of sp³-hybridized carbons (Fsp3) is 0.300. The van der Waals surface area contributed by atoms with Gasteiger partial charge in [-0.2, -0.15) is 0 Å². The van der Waals surface area contributed by atoms with Crippen molar-refractivity contribution in [3.05, 3.63) is 27.7 Å². The maximum absolute atomic E-state index is 10.8. The Labute approximate surface area is 95.9 Å². The number of halogens is 1. The van der Waals surface area contributed by atoms with E-state index in [1.807, 2.05) is 0 Å². The average molecular weight is 275 g/mol. The molecule has 0 aliphatic rings. The van der Waals surface area contributed by atoms with Gasteiger partial charge in [-0.25, -0.2) is 4.79 Å². The summed E-state index contributed by atoms with van der Waals surface area (Å²) in [7, 11) is 1.50. The molecule has 0 aliphatic heterocycles. The smallest absolute Gasteiger partial charge is 0.335 e. The predicted molar refractivity (Wildman–Crippen MR) is 58.3 cm³/mol. The molecular weight excluding hydrogens is 264 g/mol. The maximum Gasteiger partial charge on any atom is 0.335 e. The summed E-state index contributed by atoms with van der Waals surface area (Å²) in [6.45, 7) is 1.89. The van der Waals surface area contributed by atoms with Gasteiger partial charge in [-0.1, -0.05) is 0 Å². The van der Waals surface area contributed by atoms with Gasteiger partial charge in [-0.15, -0.1) is 0 Å². The molecule has 82 valence electrons. The topological polar surface area (TPSA) is 55.8 Å². The van der Waals surface area contributed by atoms with E-state index in [9.17, 15) is 4.79 Å². The van der Waals surface area contributed by atoms with Crippen LogP contribution in [0.5, 0.6) is 5.75 Å². The minimum Gasteiger partial charge on any atom is -0.478 e. The molecule has 0 atom stereocenters. The molecule has 0 unspecified atom stereocenters. The third-order valence-electron chi connectivity index (χ3n) is 1.80. The Balaban J connectivity index is 3.07. The minimum absolute atomic E-state index is 0.0844. The lowest BCUT2D eigenvalue weighted by Gasteiger charge is -2.10. The zero-order valence-electron chi connectivity index (χ0n) is 8.41. The molecular formula is C10H11BrO4. The number of aryl methyl sites for hydroxylation is 1. The predicted octanol–water partition coefficient (Wildman–Crippen LogP) is 2.44. The second kappa shape index (κ2) is 5.14. The molecule has 0 fully saturated rings. The summed E-state index contributed by atoms with van der Waals surface area (Å²) in [6, 6.07) is 3.03. The normalized spacial score (nSPS) is 10.1. The molecule has 1 N–H and O–H groups in total. The van der Waals surface area contributed by atoms with E-state index in [-0.39, 0.29) is 12.4 Å². The molecule has 0 saturated carbocycles. The van der Waals surface area contributed by atoms with E-state index in [1.54, 1.807) is 13.0 Å². The Morgan fingerprint density at radius 3 is 2.73 bits per heavy atom. The SMILES string of the molecule is COCOc1cc(C(=O)O)cc(C)c1Br. The summed E-state index contributed by atoms with van der Waals surface area (Å²) in [5.41, 5.74) is 1.00. The zero-order valence-corrected chi connectivity index (χ0v) is 10.00. The highest BCUT2D eigenvalue weighted by molar-refractivity contribution is 9.10. The lowest BCUT2D eigenvalue weighted by atomic mass is 10.1. The summed E-state index contributed by atoms with van der Waals surface area (Å²) >= 11 is 3.32. The van der Waals surface area contributed by atoms with Crippen LogP contribution in [0.15, 0.2) is 16.6 Å². The van der Waals surface area contributed by atoms with Crippen molar-refractivity contribution in [1.82, 2.24) is 0 Å². The van der Waals surface area contributed by atoms with Crippen molar-refractivity contribution in [2.75, 3.05) is 13.9 Å². The molecule has 0 radical (unpaired) electrons. The molecule has 0 aliphatic carbocycles. The second-order valence-electron chi connectivity index (χ2n) is 2.96. The Kier molecular flexibility index (Phi) is 4.11. The number of methoxy groups -OCH3 is 1. The number of benzene rings is 1. The Bertz CT molecular complexity index is 376. The van der Waals surface area contributed by atoms with E-state index in [2.05, 4.69) is 15.9 Å². The number of hydrogen-bond acceptors (Lipinski definition) is 3. The molecule has 1 aromatic carbocycles. The van der Waals surface area contributed by atoms with Gasteiger partial charge in [-0.3, -0.25) is 0 Å². The van der Waals surface area contributed by atoms with Crippen LogP contribution in [-0.4, -0.2) is 25.0 Å². The van der Waals surface area contributed by atoms with Crippen LogP contribution in [0, 0.1) is 6.92 Å². The molecule has 4 nitrogen and oxygen atoms in total. The largest absolute Gasteiger partial charge is 0.478 e. The van der Waals surface area contributed by atoms with Crippen LogP contribution in [0.2, 0.25) is 0 Å². The number of rotatable bonds is 4. The first kappa shape index (κ1) is 12.0. The third kappa shape index (κ3) is 2.94. The van der Waals surface area contributed by atoms with Crippen molar-refractivity contribution >= 4 is 21.9 Å².